The number of hydrogen-bond donors (Lipinski definition) is 4. The quantitative estimate of drug-likeness (QED) is 0.157. The van der Waals surface area contributed by atoms with E-state index in [1.807, 2.05) is 36.4 Å². The van der Waals surface area contributed by atoms with Crippen molar-refractivity contribution in [2.45, 2.75) is 24.9 Å². The standard InChI is InChI=1S/C34H28N6O4/c41-31(29-3-1-11-43-29)21-15-27(35-17-21)33-37-23-9-7-19(13-25(23)39-33)5-6-20-8-10-24-26(14-20)40-34(38-24)28-16-22(18-36-28)32(42)30-4-2-12-44-30/h1-4,7-14,21-22,27-28,35-36H,15-18H2,(H,37,39)(H,38,40)/t21?,22?,27-,28-/m0/s1. The summed E-state index contributed by atoms with van der Waals surface area (Å²) in [5, 5.41) is 6.84. The topological polar surface area (TPSA) is 142 Å². The highest BCUT2D eigenvalue weighted by Gasteiger charge is 2.34. The predicted octanol–water partition coefficient (Wildman–Crippen LogP) is 5.09. The van der Waals surface area contributed by atoms with Gasteiger partial charge in [0.1, 0.15) is 11.6 Å². The molecule has 4 N–H and O–H groups in total. The summed E-state index contributed by atoms with van der Waals surface area (Å²) >= 11 is 0. The summed E-state index contributed by atoms with van der Waals surface area (Å²) in [5.74, 6) is 8.68. The van der Waals surface area contributed by atoms with Gasteiger partial charge in [-0.3, -0.25) is 9.59 Å². The van der Waals surface area contributed by atoms with Crippen LogP contribution in [0.15, 0.2) is 82.0 Å². The van der Waals surface area contributed by atoms with Gasteiger partial charge in [-0.25, -0.2) is 9.97 Å². The zero-order valence-electron chi connectivity index (χ0n) is 23.6. The van der Waals surface area contributed by atoms with Gasteiger partial charge in [0.15, 0.2) is 11.5 Å². The van der Waals surface area contributed by atoms with Gasteiger partial charge >= 0.3 is 0 Å². The number of ketones is 2. The van der Waals surface area contributed by atoms with E-state index in [1.54, 1.807) is 24.3 Å². The first-order valence-electron chi connectivity index (χ1n) is 14.7. The molecule has 0 spiro atoms. The lowest BCUT2D eigenvalue weighted by Crippen LogP contribution is -2.18. The van der Waals surface area contributed by atoms with Gasteiger partial charge < -0.3 is 29.4 Å². The molecule has 0 saturated carbocycles. The van der Waals surface area contributed by atoms with E-state index in [-0.39, 0.29) is 35.5 Å². The van der Waals surface area contributed by atoms with Crippen LogP contribution in [-0.4, -0.2) is 44.6 Å². The lowest BCUT2D eigenvalue weighted by molar-refractivity contribution is 0.0893. The van der Waals surface area contributed by atoms with Crippen LogP contribution in [0.5, 0.6) is 0 Å². The van der Waals surface area contributed by atoms with Crippen LogP contribution in [0.1, 0.15) is 68.8 Å². The fraction of sp³-hybridized carbons (Fsp3) is 0.235. The van der Waals surface area contributed by atoms with Crippen molar-refractivity contribution < 1.29 is 18.4 Å². The van der Waals surface area contributed by atoms with E-state index in [0.29, 0.717) is 37.5 Å². The molecule has 0 radical (unpaired) electrons. The monoisotopic (exact) mass is 584 g/mol. The first kappa shape index (κ1) is 26.4. The van der Waals surface area contributed by atoms with E-state index >= 15 is 0 Å². The number of carbonyl (C=O) groups excluding carboxylic acids is 2. The summed E-state index contributed by atoms with van der Waals surface area (Å²) in [6.45, 7) is 1.17. The molecular weight excluding hydrogens is 556 g/mol. The van der Waals surface area contributed by atoms with Gasteiger partial charge in [0.25, 0.3) is 0 Å². The van der Waals surface area contributed by atoms with Gasteiger partial charge in [-0.05, 0) is 73.5 Å². The van der Waals surface area contributed by atoms with Crippen LogP contribution in [-0.2, 0) is 0 Å². The van der Waals surface area contributed by atoms with Crippen molar-refractivity contribution in [2.75, 3.05) is 13.1 Å². The molecule has 2 aliphatic heterocycles. The number of aromatic amines is 2. The maximum Gasteiger partial charge on any atom is 0.202 e. The number of fused-ring (bicyclic) bond motifs is 2. The van der Waals surface area contributed by atoms with Crippen LogP contribution in [0.4, 0.5) is 0 Å². The van der Waals surface area contributed by atoms with E-state index in [4.69, 9.17) is 18.8 Å². The van der Waals surface area contributed by atoms with Crippen molar-refractivity contribution in [1.82, 2.24) is 30.6 Å². The number of nitrogens with zero attached hydrogens (tertiary/aromatic N) is 2. The number of carbonyl (C=O) groups is 2. The lowest BCUT2D eigenvalue weighted by atomic mass is 9.99. The van der Waals surface area contributed by atoms with Gasteiger partial charge in [-0.1, -0.05) is 11.8 Å². The number of benzene rings is 2. The van der Waals surface area contributed by atoms with Gasteiger partial charge in [0.2, 0.25) is 11.6 Å². The molecule has 0 aliphatic carbocycles. The van der Waals surface area contributed by atoms with Gasteiger partial charge in [0, 0.05) is 36.1 Å². The predicted molar refractivity (Wildman–Crippen MR) is 162 cm³/mol. The molecule has 2 unspecified atom stereocenters. The maximum absolute atomic E-state index is 12.7. The van der Waals surface area contributed by atoms with Gasteiger partial charge in [-0.15, -0.1) is 0 Å². The first-order chi connectivity index (χ1) is 21.6. The Hall–Kier alpha value is -5.24. The number of Topliss-reactive ketones (excluding diaryl/α,β-unsaturated/α-hetero) is 2. The molecule has 10 nitrogen and oxygen atoms in total. The smallest absolute Gasteiger partial charge is 0.202 e. The van der Waals surface area contributed by atoms with Crippen LogP contribution in [0, 0.1) is 23.7 Å². The SMILES string of the molecule is O=C(c1ccco1)C1CN[C@H](c2nc3cc(C#Cc4ccc5[nH]c([C@@H]6CC(C(=O)c7ccco7)CN6)nc5c4)ccc3[nH]2)C1. The van der Waals surface area contributed by atoms with E-state index < -0.39 is 0 Å². The third-order valence-electron chi connectivity index (χ3n) is 8.55. The largest absolute Gasteiger partial charge is 0.461 e. The highest BCUT2D eigenvalue weighted by atomic mass is 16.3. The Morgan fingerprint density at radius 3 is 1.59 bits per heavy atom. The third kappa shape index (κ3) is 4.92. The molecule has 6 aromatic rings. The lowest BCUT2D eigenvalue weighted by Gasteiger charge is -2.06. The number of imidazole rings is 2. The minimum absolute atomic E-state index is 0.0179. The van der Waals surface area contributed by atoms with E-state index in [9.17, 15) is 9.59 Å². The highest BCUT2D eigenvalue weighted by molar-refractivity contribution is 5.96. The van der Waals surface area contributed by atoms with Crippen molar-refractivity contribution in [3.05, 3.63) is 107 Å². The third-order valence-corrected chi connectivity index (χ3v) is 8.55. The van der Waals surface area contributed by atoms with Crippen molar-refractivity contribution in [1.29, 1.82) is 0 Å². The number of H-pyrrole nitrogens is 2. The second kappa shape index (κ2) is 10.8. The summed E-state index contributed by atoms with van der Waals surface area (Å²) in [6, 6.07) is 18.7. The Kier molecular flexibility index (Phi) is 6.47. The molecule has 0 bridgehead atoms. The molecule has 2 saturated heterocycles. The van der Waals surface area contributed by atoms with Crippen molar-refractivity contribution in [2.24, 2.45) is 11.8 Å². The summed E-state index contributed by atoms with van der Waals surface area (Å²) in [6.07, 6.45) is 4.36. The van der Waals surface area contributed by atoms with Crippen molar-refractivity contribution in [3.8, 4) is 11.8 Å². The Bertz CT molecular complexity index is 1910. The van der Waals surface area contributed by atoms with Crippen LogP contribution in [0.2, 0.25) is 0 Å². The van der Waals surface area contributed by atoms with Crippen LogP contribution in [0.25, 0.3) is 22.1 Å². The molecule has 4 aromatic heterocycles. The molecule has 8 rings (SSSR count). The Balaban J connectivity index is 0.953. The van der Waals surface area contributed by atoms with E-state index in [1.165, 1.54) is 12.5 Å². The second-order valence-electron chi connectivity index (χ2n) is 11.4. The van der Waals surface area contributed by atoms with E-state index in [0.717, 1.165) is 44.8 Å². The zero-order chi connectivity index (χ0) is 29.6. The Morgan fingerprint density at radius 1 is 0.682 bits per heavy atom. The number of furan rings is 2. The van der Waals surface area contributed by atoms with Crippen LogP contribution >= 0.6 is 0 Å². The minimum atomic E-state index is -0.147. The maximum atomic E-state index is 12.7. The zero-order valence-corrected chi connectivity index (χ0v) is 23.6. The molecule has 6 heterocycles. The molecule has 0 amide bonds. The average molecular weight is 585 g/mol. The Morgan fingerprint density at radius 2 is 1.16 bits per heavy atom. The highest BCUT2D eigenvalue weighted by Crippen LogP contribution is 2.31. The number of aromatic nitrogens is 4. The molecular formula is C34H28N6O4. The molecule has 4 atom stereocenters. The Labute approximate surface area is 251 Å². The molecule has 2 aromatic carbocycles. The van der Waals surface area contributed by atoms with Crippen molar-refractivity contribution in [3.63, 3.8) is 0 Å². The normalized spacial score (nSPS) is 21.5. The number of nitrogens with one attached hydrogen (secondary N) is 4. The number of hydrogen-bond acceptors (Lipinski definition) is 8. The molecule has 2 fully saturated rings. The summed E-state index contributed by atoms with van der Waals surface area (Å²) in [4.78, 5) is 41.8. The first-order valence-corrected chi connectivity index (χ1v) is 14.7. The van der Waals surface area contributed by atoms with Crippen LogP contribution in [0.3, 0.4) is 0 Å². The fourth-order valence-electron chi connectivity index (χ4n) is 6.21. The van der Waals surface area contributed by atoms with Gasteiger partial charge in [-0.2, -0.15) is 0 Å². The second-order valence-corrected chi connectivity index (χ2v) is 11.4. The minimum Gasteiger partial charge on any atom is -0.461 e. The fourth-order valence-corrected chi connectivity index (χ4v) is 6.21. The summed E-state index contributed by atoms with van der Waals surface area (Å²) in [7, 11) is 0. The summed E-state index contributed by atoms with van der Waals surface area (Å²) < 4.78 is 10.6. The van der Waals surface area contributed by atoms with E-state index in [2.05, 4.69) is 32.4 Å². The average Bonchev–Trinajstić information content (AvgIpc) is 3.90. The van der Waals surface area contributed by atoms with Gasteiger partial charge in [0.05, 0.1) is 46.7 Å². The molecule has 218 valence electrons. The molecule has 10 heteroatoms. The molecule has 44 heavy (non-hydrogen) atoms. The van der Waals surface area contributed by atoms with Crippen molar-refractivity contribution >= 4 is 33.6 Å². The summed E-state index contributed by atoms with van der Waals surface area (Å²) in [5.41, 5.74) is 5.21. The number of rotatable bonds is 6. The molecule has 2 aliphatic rings. The van der Waals surface area contributed by atoms with Crippen LogP contribution < -0.4 is 10.6 Å².